The Balaban J connectivity index is 1.90. The molecule has 0 aliphatic carbocycles. The minimum Gasteiger partial charge on any atom is -0.443 e. The van der Waals surface area contributed by atoms with E-state index in [1.165, 1.54) is 12.1 Å². The Hall–Kier alpha value is -3.34. The minimum atomic E-state index is -4.57. The second-order valence-electron chi connectivity index (χ2n) is 7.90. The van der Waals surface area contributed by atoms with Crippen molar-refractivity contribution in [2.24, 2.45) is 0 Å². The third-order valence-electron chi connectivity index (χ3n) is 4.05. The van der Waals surface area contributed by atoms with E-state index in [9.17, 15) is 22.8 Å². The molecule has 3 rings (SSSR count). The number of ether oxygens (including phenoxy) is 1. The predicted molar refractivity (Wildman–Crippen MR) is 118 cm³/mol. The third kappa shape index (κ3) is 6.58. The number of halogens is 3. The molecule has 0 aliphatic heterocycles. The molecule has 0 aliphatic rings. The number of carbonyl (C=O) groups excluding carboxylic acids is 2. The van der Waals surface area contributed by atoms with Crippen LogP contribution in [0.2, 0.25) is 0 Å². The van der Waals surface area contributed by atoms with Gasteiger partial charge in [-0.3, -0.25) is 4.79 Å². The van der Waals surface area contributed by atoms with Crippen molar-refractivity contribution in [2.75, 3.05) is 11.1 Å². The second-order valence-corrected chi connectivity index (χ2v) is 8.85. The lowest BCUT2D eigenvalue weighted by Gasteiger charge is -2.20. The Morgan fingerprint density at radius 3 is 2.36 bits per heavy atom. The number of para-hydroxylation sites is 1. The van der Waals surface area contributed by atoms with E-state index >= 15 is 0 Å². The average Bonchev–Trinajstić information content (AvgIpc) is 3.15. The molecule has 0 saturated carbocycles. The van der Waals surface area contributed by atoms with E-state index in [1.54, 1.807) is 45.0 Å². The number of alkyl halides is 3. The van der Waals surface area contributed by atoms with E-state index in [1.807, 2.05) is 6.07 Å². The number of carbonyl (C=O) groups is 2. The van der Waals surface area contributed by atoms with E-state index in [2.05, 4.69) is 15.5 Å². The van der Waals surface area contributed by atoms with Crippen LogP contribution in [0.1, 0.15) is 26.3 Å². The first kappa shape index (κ1) is 24.3. The molecule has 0 saturated heterocycles. The van der Waals surface area contributed by atoms with Crippen molar-refractivity contribution in [1.82, 2.24) is 14.8 Å². The summed E-state index contributed by atoms with van der Waals surface area (Å²) in [6.07, 6.45) is -5.44. The molecular weight excluding hydrogens is 457 g/mol. The van der Waals surface area contributed by atoms with Crippen LogP contribution < -0.4 is 5.32 Å². The van der Waals surface area contributed by atoms with Gasteiger partial charge in [0.1, 0.15) is 5.60 Å². The summed E-state index contributed by atoms with van der Waals surface area (Å²) in [6.45, 7) is 4.96. The number of thioether (sulfide) groups is 1. The molecule has 174 valence electrons. The van der Waals surface area contributed by atoms with Crippen molar-refractivity contribution in [3.8, 4) is 11.4 Å². The Labute approximate surface area is 192 Å². The lowest BCUT2D eigenvalue weighted by atomic mass is 10.1. The van der Waals surface area contributed by atoms with E-state index in [4.69, 9.17) is 4.74 Å². The molecule has 7 nitrogen and oxygen atoms in total. The predicted octanol–water partition coefficient (Wildman–Crippen LogP) is 5.48. The first-order chi connectivity index (χ1) is 15.4. The summed E-state index contributed by atoms with van der Waals surface area (Å²) < 4.78 is 45.9. The smallest absolute Gasteiger partial charge is 0.422 e. The van der Waals surface area contributed by atoms with Gasteiger partial charge in [-0.25, -0.2) is 9.36 Å². The van der Waals surface area contributed by atoms with Crippen molar-refractivity contribution < 1.29 is 27.5 Å². The molecule has 0 fully saturated rings. The highest BCUT2D eigenvalue weighted by Crippen LogP contribution is 2.33. The largest absolute Gasteiger partial charge is 0.443 e. The summed E-state index contributed by atoms with van der Waals surface area (Å²) in [7, 11) is 0. The number of nitrogens with zero attached hydrogens (tertiary/aromatic N) is 3. The highest BCUT2D eigenvalue weighted by atomic mass is 32.2. The highest BCUT2D eigenvalue weighted by molar-refractivity contribution is 7.99. The second kappa shape index (κ2) is 9.65. The Morgan fingerprint density at radius 1 is 1.03 bits per heavy atom. The molecule has 11 heteroatoms. The Morgan fingerprint density at radius 2 is 1.73 bits per heavy atom. The van der Waals surface area contributed by atoms with Gasteiger partial charge < -0.3 is 10.1 Å². The standard InChI is InChI=1S/C22H21F3N4O3S/c1-21(2,3)32-20(31)29-18(14-8-7-9-15(12-14)22(23,24)25)27-28-19(29)33-13-17(30)26-16-10-5-4-6-11-16/h4-12H,13H2,1-3H3,(H,26,30). The zero-order chi connectivity index (χ0) is 24.2. The normalized spacial score (nSPS) is 11.8. The fraction of sp³-hybridized carbons (Fsp3) is 0.273. The van der Waals surface area contributed by atoms with Gasteiger partial charge in [0.25, 0.3) is 0 Å². The number of aromatic nitrogens is 3. The van der Waals surface area contributed by atoms with Gasteiger partial charge in [-0.2, -0.15) is 13.2 Å². The first-order valence-corrected chi connectivity index (χ1v) is 10.8. The molecule has 2 aromatic carbocycles. The van der Waals surface area contributed by atoms with Crippen LogP contribution in [0, 0.1) is 0 Å². The average molecular weight is 478 g/mol. The molecule has 0 radical (unpaired) electrons. The summed E-state index contributed by atoms with van der Waals surface area (Å²) in [5.74, 6) is -0.592. The molecule has 1 heterocycles. The highest BCUT2D eigenvalue weighted by Gasteiger charge is 2.32. The van der Waals surface area contributed by atoms with E-state index < -0.39 is 23.4 Å². The lowest BCUT2D eigenvalue weighted by Crippen LogP contribution is -2.28. The van der Waals surface area contributed by atoms with E-state index in [0.29, 0.717) is 5.69 Å². The number of nitrogens with one attached hydrogen (secondary N) is 1. The number of hydrogen-bond acceptors (Lipinski definition) is 6. The molecule has 1 amide bonds. The summed E-state index contributed by atoms with van der Waals surface area (Å²) in [6, 6.07) is 13.2. The monoisotopic (exact) mass is 478 g/mol. The van der Waals surface area contributed by atoms with Gasteiger partial charge in [-0.1, -0.05) is 42.1 Å². The molecule has 0 unspecified atom stereocenters. The van der Waals surface area contributed by atoms with Crippen molar-refractivity contribution in [3.05, 3.63) is 60.2 Å². The molecule has 0 atom stereocenters. The van der Waals surface area contributed by atoms with Crippen LogP contribution in [0.5, 0.6) is 0 Å². The van der Waals surface area contributed by atoms with Gasteiger partial charge in [0.05, 0.1) is 11.3 Å². The third-order valence-corrected chi connectivity index (χ3v) is 4.98. The van der Waals surface area contributed by atoms with Crippen LogP contribution in [0.3, 0.4) is 0 Å². The molecule has 33 heavy (non-hydrogen) atoms. The molecule has 1 aromatic heterocycles. The van der Waals surface area contributed by atoms with Crippen molar-refractivity contribution in [1.29, 1.82) is 0 Å². The number of benzene rings is 2. The SMILES string of the molecule is CC(C)(C)OC(=O)n1c(SCC(=O)Nc2ccccc2)nnc1-c1cccc(C(F)(F)F)c1. The maximum atomic E-state index is 13.2. The summed E-state index contributed by atoms with van der Waals surface area (Å²) in [5, 5.41) is 10.6. The zero-order valence-corrected chi connectivity index (χ0v) is 18.8. The van der Waals surface area contributed by atoms with Crippen LogP contribution in [0.4, 0.5) is 23.7 Å². The van der Waals surface area contributed by atoms with Crippen molar-refractivity contribution in [3.63, 3.8) is 0 Å². The fourth-order valence-corrected chi connectivity index (χ4v) is 3.43. The fourth-order valence-electron chi connectivity index (χ4n) is 2.71. The zero-order valence-electron chi connectivity index (χ0n) is 18.0. The molecule has 1 N–H and O–H groups in total. The molecular formula is C22H21F3N4O3S. The molecule has 0 spiro atoms. The summed E-state index contributed by atoms with van der Waals surface area (Å²) >= 11 is 0.908. The number of amides is 1. The van der Waals surface area contributed by atoms with Gasteiger partial charge in [0, 0.05) is 11.3 Å². The summed E-state index contributed by atoms with van der Waals surface area (Å²) in [5.41, 5.74) is -1.14. The van der Waals surface area contributed by atoms with Gasteiger partial charge >= 0.3 is 12.3 Å². The lowest BCUT2D eigenvalue weighted by molar-refractivity contribution is -0.137. The van der Waals surface area contributed by atoms with Gasteiger partial charge in [0.15, 0.2) is 5.82 Å². The van der Waals surface area contributed by atoms with E-state index in [-0.39, 0.29) is 28.2 Å². The maximum absolute atomic E-state index is 13.2. The van der Waals surface area contributed by atoms with E-state index in [0.717, 1.165) is 28.5 Å². The topological polar surface area (TPSA) is 86.1 Å². The van der Waals surface area contributed by atoms with Crippen LogP contribution in [0.15, 0.2) is 59.8 Å². The minimum absolute atomic E-state index is 0.0138. The summed E-state index contributed by atoms with van der Waals surface area (Å²) in [4.78, 5) is 25.2. The number of hydrogen-bond donors (Lipinski definition) is 1. The van der Waals surface area contributed by atoms with Crippen LogP contribution >= 0.6 is 11.8 Å². The number of rotatable bonds is 5. The first-order valence-electron chi connectivity index (χ1n) is 9.78. The Bertz CT molecular complexity index is 1140. The van der Waals surface area contributed by atoms with Gasteiger partial charge in [-0.15, -0.1) is 10.2 Å². The van der Waals surface area contributed by atoms with Crippen LogP contribution in [-0.2, 0) is 15.7 Å². The van der Waals surface area contributed by atoms with Crippen LogP contribution in [-0.4, -0.2) is 38.1 Å². The van der Waals surface area contributed by atoms with Crippen molar-refractivity contribution >= 4 is 29.4 Å². The van der Waals surface area contributed by atoms with Crippen molar-refractivity contribution in [2.45, 2.75) is 37.7 Å². The molecule has 3 aromatic rings. The molecule has 0 bridgehead atoms. The van der Waals surface area contributed by atoms with Crippen LogP contribution in [0.25, 0.3) is 11.4 Å². The quantitative estimate of drug-likeness (QED) is 0.489. The van der Waals surface area contributed by atoms with Gasteiger partial charge in [-0.05, 0) is 45.0 Å². The Kier molecular flexibility index (Phi) is 7.11. The maximum Gasteiger partial charge on any atom is 0.422 e. The number of anilines is 1. The van der Waals surface area contributed by atoms with Gasteiger partial charge in [0.2, 0.25) is 11.1 Å².